The first kappa shape index (κ1) is 12.0. The molecule has 4 nitrogen and oxygen atoms in total. The predicted octanol–water partition coefficient (Wildman–Crippen LogP) is 0.771. The normalized spacial score (nSPS) is 17.5. The summed E-state index contributed by atoms with van der Waals surface area (Å²) in [5.74, 6) is 0.612. The molecule has 0 unspecified atom stereocenters. The minimum absolute atomic E-state index is 0.0367. The van der Waals surface area contributed by atoms with Crippen LogP contribution in [0.5, 0.6) is 0 Å². The highest BCUT2D eigenvalue weighted by Crippen LogP contribution is 2.07. The predicted molar refractivity (Wildman–Crippen MR) is 58.3 cm³/mol. The summed E-state index contributed by atoms with van der Waals surface area (Å²) in [7, 11) is 0. The summed E-state index contributed by atoms with van der Waals surface area (Å²) in [4.78, 5) is 24.6. The third kappa shape index (κ3) is 4.32. The Kier molecular flexibility index (Phi) is 4.59. The van der Waals surface area contributed by atoms with Crippen LogP contribution in [-0.4, -0.2) is 36.3 Å². The van der Waals surface area contributed by atoms with Gasteiger partial charge < -0.3 is 10.2 Å². The maximum atomic E-state index is 11.7. The van der Waals surface area contributed by atoms with Crippen LogP contribution in [0.1, 0.15) is 33.1 Å². The molecule has 0 aromatic carbocycles. The van der Waals surface area contributed by atoms with Gasteiger partial charge in [0.1, 0.15) is 0 Å². The number of rotatable bonds is 3. The number of nitrogens with one attached hydrogen (secondary N) is 1. The van der Waals surface area contributed by atoms with Gasteiger partial charge >= 0.3 is 0 Å². The highest BCUT2D eigenvalue weighted by molar-refractivity contribution is 5.85. The van der Waals surface area contributed by atoms with Crippen molar-refractivity contribution < 1.29 is 9.59 Å². The summed E-state index contributed by atoms with van der Waals surface area (Å²) in [6, 6.07) is 0. The number of hydrogen-bond donors (Lipinski definition) is 1. The Morgan fingerprint density at radius 3 is 2.93 bits per heavy atom. The molecule has 0 spiro atoms. The summed E-state index contributed by atoms with van der Waals surface area (Å²) < 4.78 is 0. The summed E-state index contributed by atoms with van der Waals surface area (Å²) in [5.41, 5.74) is 0. The smallest absolute Gasteiger partial charge is 0.239 e. The molecule has 0 aromatic rings. The minimum Gasteiger partial charge on any atom is -0.354 e. The van der Waals surface area contributed by atoms with E-state index < -0.39 is 0 Å². The second-order valence-electron chi connectivity index (χ2n) is 4.45. The molecule has 1 fully saturated rings. The average Bonchev–Trinajstić information content (AvgIpc) is 2.39. The van der Waals surface area contributed by atoms with Gasteiger partial charge in [-0.2, -0.15) is 0 Å². The van der Waals surface area contributed by atoms with E-state index in [0.29, 0.717) is 25.4 Å². The van der Waals surface area contributed by atoms with Crippen LogP contribution in [0.25, 0.3) is 0 Å². The van der Waals surface area contributed by atoms with Crippen LogP contribution in [-0.2, 0) is 9.59 Å². The molecule has 1 aliphatic rings. The summed E-state index contributed by atoms with van der Waals surface area (Å²) in [6.07, 6.45) is 2.32. The van der Waals surface area contributed by atoms with E-state index in [9.17, 15) is 9.59 Å². The first-order valence-electron chi connectivity index (χ1n) is 5.64. The molecule has 0 saturated carbocycles. The topological polar surface area (TPSA) is 49.4 Å². The monoisotopic (exact) mass is 212 g/mol. The number of carbonyl (C=O) groups excluding carboxylic acids is 2. The van der Waals surface area contributed by atoms with E-state index in [4.69, 9.17) is 0 Å². The van der Waals surface area contributed by atoms with Crippen molar-refractivity contribution in [2.75, 3.05) is 19.6 Å². The molecule has 0 atom stereocenters. The maximum absolute atomic E-state index is 11.7. The van der Waals surface area contributed by atoms with Crippen LogP contribution in [0.2, 0.25) is 0 Å². The summed E-state index contributed by atoms with van der Waals surface area (Å²) in [5, 5.41) is 2.76. The van der Waals surface area contributed by atoms with E-state index in [2.05, 4.69) is 19.2 Å². The molecule has 86 valence electrons. The fourth-order valence-corrected chi connectivity index (χ4v) is 1.59. The molecular formula is C11H20N2O2. The van der Waals surface area contributed by atoms with E-state index in [0.717, 1.165) is 12.8 Å². The van der Waals surface area contributed by atoms with Crippen molar-refractivity contribution in [1.82, 2.24) is 10.2 Å². The Morgan fingerprint density at radius 1 is 1.53 bits per heavy atom. The van der Waals surface area contributed by atoms with Crippen molar-refractivity contribution in [2.45, 2.75) is 33.1 Å². The molecular weight excluding hydrogens is 192 g/mol. The molecule has 1 aliphatic heterocycles. The van der Waals surface area contributed by atoms with Crippen molar-refractivity contribution in [3.05, 3.63) is 0 Å². The average molecular weight is 212 g/mol. The molecule has 1 N–H and O–H groups in total. The van der Waals surface area contributed by atoms with Gasteiger partial charge in [-0.3, -0.25) is 9.59 Å². The Bertz CT molecular complexity index is 239. The van der Waals surface area contributed by atoms with E-state index in [1.165, 1.54) is 0 Å². The molecule has 4 heteroatoms. The van der Waals surface area contributed by atoms with Crippen LogP contribution >= 0.6 is 0 Å². The Morgan fingerprint density at radius 2 is 2.27 bits per heavy atom. The van der Waals surface area contributed by atoms with Crippen LogP contribution in [0.15, 0.2) is 0 Å². The fourth-order valence-electron chi connectivity index (χ4n) is 1.59. The second-order valence-corrected chi connectivity index (χ2v) is 4.45. The number of hydrogen-bond acceptors (Lipinski definition) is 2. The van der Waals surface area contributed by atoms with Crippen molar-refractivity contribution in [2.24, 2.45) is 5.92 Å². The van der Waals surface area contributed by atoms with Crippen LogP contribution < -0.4 is 5.32 Å². The Labute approximate surface area is 91.0 Å². The van der Waals surface area contributed by atoms with Gasteiger partial charge in [-0.1, -0.05) is 13.8 Å². The quantitative estimate of drug-likeness (QED) is 0.751. The number of carbonyl (C=O) groups is 2. The zero-order valence-electron chi connectivity index (χ0n) is 9.58. The number of nitrogens with zero attached hydrogens (tertiary/aromatic N) is 1. The third-order valence-electron chi connectivity index (χ3n) is 2.55. The second kappa shape index (κ2) is 5.73. The van der Waals surface area contributed by atoms with Gasteiger partial charge in [0.15, 0.2) is 0 Å². The SMILES string of the molecule is CC(C)CCC(=O)N1CCCNC(=O)C1. The van der Waals surface area contributed by atoms with E-state index >= 15 is 0 Å². The lowest BCUT2D eigenvalue weighted by Crippen LogP contribution is -2.37. The zero-order valence-corrected chi connectivity index (χ0v) is 9.58. The largest absolute Gasteiger partial charge is 0.354 e. The van der Waals surface area contributed by atoms with E-state index in [-0.39, 0.29) is 18.4 Å². The first-order chi connectivity index (χ1) is 7.09. The van der Waals surface area contributed by atoms with Gasteiger partial charge in [0.05, 0.1) is 6.54 Å². The lowest BCUT2D eigenvalue weighted by Gasteiger charge is -2.19. The molecule has 1 rings (SSSR count). The number of amides is 2. The molecule has 2 amide bonds. The lowest BCUT2D eigenvalue weighted by molar-refractivity contribution is -0.135. The van der Waals surface area contributed by atoms with E-state index in [1.807, 2.05) is 0 Å². The van der Waals surface area contributed by atoms with Crippen molar-refractivity contribution >= 4 is 11.8 Å². The van der Waals surface area contributed by atoms with Crippen LogP contribution in [0.4, 0.5) is 0 Å². The molecule has 15 heavy (non-hydrogen) atoms. The maximum Gasteiger partial charge on any atom is 0.239 e. The van der Waals surface area contributed by atoms with Gasteiger partial charge in [-0.25, -0.2) is 0 Å². The van der Waals surface area contributed by atoms with Crippen LogP contribution in [0.3, 0.4) is 0 Å². The van der Waals surface area contributed by atoms with Gasteiger partial charge in [0.25, 0.3) is 0 Å². The van der Waals surface area contributed by atoms with Gasteiger partial charge in [-0.15, -0.1) is 0 Å². The Balaban J connectivity index is 2.39. The van der Waals surface area contributed by atoms with Crippen LogP contribution in [0, 0.1) is 5.92 Å². The molecule has 0 aromatic heterocycles. The molecule has 0 bridgehead atoms. The molecule has 1 saturated heterocycles. The summed E-state index contributed by atoms with van der Waals surface area (Å²) in [6.45, 7) is 5.82. The molecule has 0 radical (unpaired) electrons. The van der Waals surface area contributed by atoms with Gasteiger partial charge in [0.2, 0.25) is 11.8 Å². The first-order valence-corrected chi connectivity index (χ1v) is 5.64. The van der Waals surface area contributed by atoms with Gasteiger partial charge in [0, 0.05) is 19.5 Å². The minimum atomic E-state index is -0.0367. The summed E-state index contributed by atoms with van der Waals surface area (Å²) >= 11 is 0. The zero-order chi connectivity index (χ0) is 11.3. The standard InChI is InChI=1S/C11H20N2O2/c1-9(2)4-5-11(15)13-7-3-6-12-10(14)8-13/h9H,3-8H2,1-2H3,(H,12,14). The molecule has 0 aliphatic carbocycles. The lowest BCUT2D eigenvalue weighted by atomic mass is 10.1. The van der Waals surface area contributed by atoms with E-state index in [1.54, 1.807) is 4.90 Å². The van der Waals surface area contributed by atoms with Gasteiger partial charge in [-0.05, 0) is 18.8 Å². The van der Waals surface area contributed by atoms with Crippen molar-refractivity contribution in [3.8, 4) is 0 Å². The van der Waals surface area contributed by atoms with Crippen molar-refractivity contribution in [1.29, 1.82) is 0 Å². The third-order valence-corrected chi connectivity index (χ3v) is 2.55. The fraction of sp³-hybridized carbons (Fsp3) is 0.818. The highest BCUT2D eigenvalue weighted by Gasteiger charge is 2.19. The molecule has 1 heterocycles. The highest BCUT2D eigenvalue weighted by atomic mass is 16.2. The Hall–Kier alpha value is -1.06. The van der Waals surface area contributed by atoms with Crippen molar-refractivity contribution in [3.63, 3.8) is 0 Å².